The summed E-state index contributed by atoms with van der Waals surface area (Å²) >= 11 is 0. The number of aromatic amines is 1. The molecule has 0 fully saturated rings. The number of nitrogens with one attached hydrogen (secondary N) is 3. The van der Waals surface area contributed by atoms with Crippen LogP contribution < -0.4 is 10.9 Å². The van der Waals surface area contributed by atoms with Crippen LogP contribution >= 0.6 is 0 Å². The summed E-state index contributed by atoms with van der Waals surface area (Å²) in [6.45, 7) is 3.91. The Balaban J connectivity index is 1.71. The van der Waals surface area contributed by atoms with Gasteiger partial charge in [0.2, 0.25) is 0 Å². The lowest BCUT2D eigenvalue weighted by molar-refractivity contribution is 0.0944. The number of hydrazine groups is 1. The third-order valence-corrected chi connectivity index (χ3v) is 3.28. The average molecular weight is 277 g/mol. The molecule has 3 N–H and O–H groups in total. The van der Waals surface area contributed by atoms with E-state index < -0.39 is 0 Å². The van der Waals surface area contributed by atoms with Gasteiger partial charge in [-0.1, -0.05) is 55.1 Å². The molecule has 3 aromatic rings. The van der Waals surface area contributed by atoms with E-state index in [1.165, 1.54) is 0 Å². The molecule has 0 bridgehead atoms. The van der Waals surface area contributed by atoms with Crippen molar-refractivity contribution in [2.24, 2.45) is 0 Å². The van der Waals surface area contributed by atoms with Crippen LogP contribution in [0.15, 0.2) is 67.4 Å². The molecule has 0 aliphatic heterocycles. The van der Waals surface area contributed by atoms with E-state index in [9.17, 15) is 4.79 Å². The van der Waals surface area contributed by atoms with Crippen molar-refractivity contribution in [2.45, 2.75) is 0 Å². The first-order chi connectivity index (χ1) is 10.3. The number of hydrogen-bond donors (Lipinski definition) is 3. The second kappa shape index (κ2) is 5.54. The van der Waals surface area contributed by atoms with Crippen LogP contribution in [0.25, 0.3) is 16.6 Å². The summed E-state index contributed by atoms with van der Waals surface area (Å²) in [4.78, 5) is 15.3. The monoisotopic (exact) mass is 277 g/mol. The van der Waals surface area contributed by atoms with Gasteiger partial charge in [-0.25, -0.2) is 0 Å². The highest BCUT2D eigenvalue weighted by Gasteiger charge is 2.11. The molecule has 104 valence electrons. The number of benzene rings is 2. The molecule has 0 atom stereocenters. The van der Waals surface area contributed by atoms with Gasteiger partial charge in [0, 0.05) is 17.1 Å². The van der Waals surface area contributed by atoms with E-state index in [-0.39, 0.29) is 5.91 Å². The number of aromatic nitrogens is 1. The molecule has 1 heterocycles. The lowest BCUT2D eigenvalue weighted by Gasteiger charge is -2.10. The van der Waals surface area contributed by atoms with E-state index in [2.05, 4.69) is 22.4 Å². The summed E-state index contributed by atoms with van der Waals surface area (Å²) in [6, 6.07) is 17.3. The topological polar surface area (TPSA) is 56.9 Å². The Morgan fingerprint density at radius 3 is 2.48 bits per heavy atom. The predicted molar refractivity (Wildman–Crippen MR) is 84.4 cm³/mol. The van der Waals surface area contributed by atoms with Crippen molar-refractivity contribution < 1.29 is 4.79 Å². The van der Waals surface area contributed by atoms with Gasteiger partial charge in [-0.15, -0.1) is 0 Å². The summed E-state index contributed by atoms with van der Waals surface area (Å²) in [5.74, 6) is -0.204. The molecule has 1 amide bonds. The smallest absolute Gasteiger partial charge is 0.271 e. The highest BCUT2D eigenvalue weighted by molar-refractivity contribution is 6.06. The van der Waals surface area contributed by atoms with Gasteiger partial charge in [0.15, 0.2) is 0 Å². The van der Waals surface area contributed by atoms with Gasteiger partial charge in [-0.05, 0) is 11.6 Å². The molecule has 1 aromatic heterocycles. The summed E-state index contributed by atoms with van der Waals surface area (Å²) in [5, 5.41) is 0.891. The lowest BCUT2D eigenvalue weighted by atomic mass is 10.1. The molecule has 4 heteroatoms. The first kappa shape index (κ1) is 13.0. The lowest BCUT2D eigenvalue weighted by Crippen LogP contribution is -2.35. The third-order valence-electron chi connectivity index (χ3n) is 3.28. The molecular weight excluding hydrogens is 262 g/mol. The number of fused-ring (bicyclic) bond motifs is 1. The number of carbonyl (C=O) groups is 1. The van der Waals surface area contributed by atoms with Crippen LogP contribution in [0.5, 0.6) is 0 Å². The van der Waals surface area contributed by atoms with Gasteiger partial charge in [0.05, 0.1) is 11.3 Å². The van der Waals surface area contributed by atoms with Gasteiger partial charge in [0.25, 0.3) is 5.91 Å². The Morgan fingerprint density at radius 1 is 0.952 bits per heavy atom. The van der Waals surface area contributed by atoms with Crippen LogP contribution in [-0.2, 0) is 0 Å². The highest BCUT2D eigenvalue weighted by atomic mass is 16.2. The normalized spacial score (nSPS) is 10.3. The Kier molecular flexibility index (Phi) is 3.43. The number of H-pyrrole nitrogens is 1. The van der Waals surface area contributed by atoms with Gasteiger partial charge in [0.1, 0.15) is 0 Å². The minimum atomic E-state index is -0.204. The van der Waals surface area contributed by atoms with Crippen molar-refractivity contribution >= 4 is 22.5 Å². The van der Waals surface area contributed by atoms with Crippen LogP contribution in [0.3, 0.4) is 0 Å². The molecule has 4 nitrogen and oxygen atoms in total. The van der Waals surface area contributed by atoms with Gasteiger partial charge >= 0.3 is 0 Å². The summed E-state index contributed by atoms with van der Waals surface area (Å²) in [5.41, 5.74) is 8.61. The van der Waals surface area contributed by atoms with Gasteiger partial charge in [-0.2, -0.15) is 0 Å². The van der Waals surface area contributed by atoms with Crippen LogP contribution in [0.1, 0.15) is 15.9 Å². The molecule has 0 spiro atoms. The van der Waals surface area contributed by atoms with E-state index >= 15 is 0 Å². The Hall–Kier alpha value is -3.01. The van der Waals surface area contributed by atoms with Crippen LogP contribution in [0.2, 0.25) is 0 Å². The van der Waals surface area contributed by atoms with Crippen molar-refractivity contribution in [1.29, 1.82) is 0 Å². The average Bonchev–Trinajstić information content (AvgIpc) is 2.97. The summed E-state index contributed by atoms with van der Waals surface area (Å²) < 4.78 is 0. The summed E-state index contributed by atoms with van der Waals surface area (Å²) in [7, 11) is 0. The van der Waals surface area contributed by atoms with Crippen LogP contribution in [0.4, 0.5) is 0 Å². The molecule has 0 saturated heterocycles. The molecule has 0 radical (unpaired) electrons. The van der Waals surface area contributed by atoms with E-state index in [1.54, 1.807) is 6.20 Å². The zero-order valence-electron chi connectivity index (χ0n) is 11.4. The van der Waals surface area contributed by atoms with E-state index in [4.69, 9.17) is 0 Å². The van der Waals surface area contributed by atoms with E-state index in [1.807, 2.05) is 54.6 Å². The number of carbonyl (C=O) groups excluding carboxylic acids is 1. The van der Waals surface area contributed by atoms with Gasteiger partial charge < -0.3 is 4.98 Å². The fraction of sp³-hybridized carbons (Fsp3) is 0. The first-order valence-corrected chi connectivity index (χ1v) is 6.62. The predicted octanol–water partition coefficient (Wildman–Crippen LogP) is 3.07. The number of amides is 1. The van der Waals surface area contributed by atoms with Crippen molar-refractivity contribution in [2.75, 3.05) is 0 Å². The van der Waals surface area contributed by atoms with Crippen LogP contribution in [0, 0.1) is 0 Å². The largest absolute Gasteiger partial charge is 0.360 e. The summed E-state index contributed by atoms with van der Waals surface area (Å²) in [6.07, 6.45) is 1.70. The molecule has 0 saturated carbocycles. The second-order valence-corrected chi connectivity index (χ2v) is 4.67. The number of para-hydroxylation sites is 1. The zero-order valence-corrected chi connectivity index (χ0v) is 11.4. The molecule has 2 aromatic carbocycles. The fourth-order valence-electron chi connectivity index (χ4n) is 2.17. The van der Waals surface area contributed by atoms with Crippen molar-refractivity contribution in [3.63, 3.8) is 0 Å². The first-order valence-electron chi connectivity index (χ1n) is 6.62. The Labute approximate surface area is 122 Å². The maximum absolute atomic E-state index is 12.2. The zero-order chi connectivity index (χ0) is 14.7. The molecule has 21 heavy (non-hydrogen) atoms. The van der Waals surface area contributed by atoms with E-state index in [0.29, 0.717) is 11.3 Å². The van der Waals surface area contributed by atoms with Crippen molar-refractivity contribution in [3.05, 3.63) is 78.5 Å². The number of hydrogen-bond acceptors (Lipinski definition) is 2. The molecule has 0 aliphatic rings. The minimum Gasteiger partial charge on any atom is -0.360 e. The SMILES string of the molecule is C=C(NNC(=O)c1c[nH]c2ccccc12)c1ccccc1. The van der Waals surface area contributed by atoms with Crippen LogP contribution in [-0.4, -0.2) is 10.9 Å². The minimum absolute atomic E-state index is 0.204. The van der Waals surface area contributed by atoms with Crippen molar-refractivity contribution in [1.82, 2.24) is 15.8 Å². The fourth-order valence-corrected chi connectivity index (χ4v) is 2.17. The maximum Gasteiger partial charge on any atom is 0.271 e. The highest BCUT2D eigenvalue weighted by Crippen LogP contribution is 2.17. The van der Waals surface area contributed by atoms with Gasteiger partial charge in [-0.3, -0.25) is 15.6 Å². The van der Waals surface area contributed by atoms with Crippen molar-refractivity contribution in [3.8, 4) is 0 Å². The third kappa shape index (κ3) is 2.65. The molecule has 0 aliphatic carbocycles. The molecule has 0 unspecified atom stereocenters. The Bertz CT molecular complexity index is 790. The Morgan fingerprint density at radius 2 is 1.67 bits per heavy atom. The maximum atomic E-state index is 12.2. The second-order valence-electron chi connectivity index (χ2n) is 4.67. The molecule has 3 rings (SSSR count). The molecular formula is C17H15N3O. The van der Waals surface area contributed by atoms with E-state index in [0.717, 1.165) is 16.5 Å². The standard InChI is InChI=1S/C17H15N3O/c1-12(13-7-3-2-4-8-13)19-20-17(21)15-11-18-16-10-6-5-9-14(15)16/h2-11,18-19H,1H2,(H,20,21). The number of rotatable bonds is 4. The quantitative estimate of drug-likeness (QED) is 0.642.